The van der Waals surface area contributed by atoms with Crippen molar-refractivity contribution in [2.45, 2.75) is 64.7 Å². The normalized spacial score (nSPS) is 12.3. The number of allylic oxidation sites excluding steroid dienone is 5. The molecule has 0 atom stereocenters. The Morgan fingerprint density at radius 2 is 1.41 bits per heavy atom. The molecule has 0 rings (SSSR count). The first kappa shape index (κ1) is 20.2. The fourth-order valence-electron chi connectivity index (χ4n) is 1.96. The van der Waals surface area contributed by atoms with Gasteiger partial charge in [0.2, 0.25) is 5.76 Å². The largest absolute Gasteiger partial charge is 0.502 e. The lowest BCUT2D eigenvalue weighted by Crippen LogP contribution is -1.97. The van der Waals surface area contributed by atoms with E-state index in [0.717, 1.165) is 18.9 Å². The zero-order chi connectivity index (χ0) is 16.6. The highest BCUT2D eigenvalue weighted by Crippen LogP contribution is 2.09. The Labute approximate surface area is 133 Å². The van der Waals surface area contributed by atoms with E-state index in [-0.39, 0.29) is 5.78 Å². The first-order chi connectivity index (χ1) is 10.6. The van der Waals surface area contributed by atoms with E-state index in [1.165, 1.54) is 56.8 Å². The van der Waals surface area contributed by atoms with Crippen molar-refractivity contribution in [3.05, 3.63) is 36.1 Å². The SMILES string of the molecule is CCCCCCCCCCC(=O)C=CC=CC=C(O)C(=O)O. The Morgan fingerprint density at radius 1 is 0.818 bits per heavy atom. The van der Waals surface area contributed by atoms with Gasteiger partial charge in [-0.15, -0.1) is 0 Å². The van der Waals surface area contributed by atoms with E-state index in [2.05, 4.69) is 6.92 Å². The van der Waals surface area contributed by atoms with Crippen molar-refractivity contribution in [2.75, 3.05) is 0 Å². The molecule has 4 heteroatoms. The smallest absolute Gasteiger partial charge is 0.370 e. The molecule has 0 amide bonds. The Bertz CT molecular complexity index is 405. The molecule has 0 radical (unpaired) electrons. The van der Waals surface area contributed by atoms with Gasteiger partial charge < -0.3 is 10.2 Å². The molecule has 0 aromatic rings. The summed E-state index contributed by atoms with van der Waals surface area (Å²) < 4.78 is 0. The molecule has 0 aliphatic rings. The zero-order valence-corrected chi connectivity index (χ0v) is 13.5. The average molecular weight is 308 g/mol. The Hall–Kier alpha value is -1.84. The second-order valence-corrected chi connectivity index (χ2v) is 5.29. The summed E-state index contributed by atoms with van der Waals surface area (Å²) in [7, 11) is 0. The lowest BCUT2D eigenvalue weighted by Gasteiger charge is -2.00. The molecule has 0 unspecified atom stereocenters. The van der Waals surface area contributed by atoms with Gasteiger partial charge in [0.1, 0.15) is 0 Å². The highest BCUT2D eigenvalue weighted by molar-refractivity contribution is 5.89. The molecule has 0 aromatic heterocycles. The third-order valence-corrected chi connectivity index (χ3v) is 3.25. The Morgan fingerprint density at radius 3 is 2.00 bits per heavy atom. The van der Waals surface area contributed by atoms with Crippen molar-refractivity contribution >= 4 is 11.8 Å². The van der Waals surface area contributed by atoms with Crippen molar-refractivity contribution in [2.24, 2.45) is 0 Å². The summed E-state index contributed by atoms with van der Waals surface area (Å²) in [6.07, 6.45) is 17.2. The highest BCUT2D eigenvalue weighted by atomic mass is 16.4. The van der Waals surface area contributed by atoms with Gasteiger partial charge in [0.05, 0.1) is 0 Å². The summed E-state index contributed by atoms with van der Waals surface area (Å²) in [5.41, 5.74) is 0. The molecule has 0 spiro atoms. The molecular formula is C18H28O4. The van der Waals surface area contributed by atoms with Gasteiger partial charge in [-0.25, -0.2) is 4.79 Å². The van der Waals surface area contributed by atoms with Crippen LogP contribution in [0.4, 0.5) is 0 Å². The fourth-order valence-corrected chi connectivity index (χ4v) is 1.96. The van der Waals surface area contributed by atoms with Crippen LogP contribution in [0.25, 0.3) is 0 Å². The number of unbranched alkanes of at least 4 members (excludes halogenated alkanes) is 7. The number of carboxylic acids is 1. The molecule has 0 heterocycles. The number of aliphatic carboxylic acids is 1. The molecule has 0 aliphatic heterocycles. The van der Waals surface area contributed by atoms with E-state index in [9.17, 15) is 9.59 Å². The van der Waals surface area contributed by atoms with Gasteiger partial charge >= 0.3 is 5.97 Å². The van der Waals surface area contributed by atoms with Crippen LogP contribution in [-0.4, -0.2) is 22.0 Å². The summed E-state index contributed by atoms with van der Waals surface area (Å²) in [6.45, 7) is 2.21. The van der Waals surface area contributed by atoms with Crippen molar-refractivity contribution < 1.29 is 19.8 Å². The highest BCUT2D eigenvalue weighted by Gasteiger charge is 1.99. The van der Waals surface area contributed by atoms with Gasteiger partial charge in [0.25, 0.3) is 0 Å². The van der Waals surface area contributed by atoms with Crippen LogP contribution in [0.2, 0.25) is 0 Å². The van der Waals surface area contributed by atoms with Crippen molar-refractivity contribution in [1.29, 1.82) is 0 Å². The van der Waals surface area contributed by atoms with Crippen LogP contribution in [-0.2, 0) is 9.59 Å². The van der Waals surface area contributed by atoms with Gasteiger partial charge in [-0.2, -0.15) is 0 Å². The topological polar surface area (TPSA) is 74.6 Å². The Balaban J connectivity index is 3.65. The lowest BCUT2D eigenvalue weighted by molar-refractivity contribution is -0.135. The maximum atomic E-state index is 11.5. The van der Waals surface area contributed by atoms with Gasteiger partial charge in [-0.1, -0.05) is 70.1 Å². The minimum absolute atomic E-state index is 0.0714. The molecule has 0 saturated heterocycles. The summed E-state index contributed by atoms with van der Waals surface area (Å²) in [5.74, 6) is -2.03. The molecular weight excluding hydrogens is 280 g/mol. The van der Waals surface area contributed by atoms with Gasteiger partial charge in [-0.3, -0.25) is 4.79 Å². The minimum atomic E-state index is -1.38. The first-order valence-electron chi connectivity index (χ1n) is 8.08. The number of hydrogen-bond donors (Lipinski definition) is 2. The zero-order valence-electron chi connectivity index (χ0n) is 13.5. The number of hydrogen-bond acceptors (Lipinski definition) is 3. The molecule has 4 nitrogen and oxygen atoms in total. The summed E-state index contributed by atoms with van der Waals surface area (Å²) >= 11 is 0. The molecule has 0 aliphatic carbocycles. The first-order valence-corrected chi connectivity index (χ1v) is 8.08. The van der Waals surface area contributed by atoms with Crippen LogP contribution >= 0.6 is 0 Å². The lowest BCUT2D eigenvalue weighted by atomic mass is 10.1. The number of aliphatic hydroxyl groups is 1. The summed E-state index contributed by atoms with van der Waals surface area (Å²) in [6, 6.07) is 0. The number of carbonyl (C=O) groups is 2. The monoisotopic (exact) mass is 308 g/mol. The maximum Gasteiger partial charge on any atom is 0.370 e. The van der Waals surface area contributed by atoms with Gasteiger partial charge in [-0.05, 0) is 18.6 Å². The minimum Gasteiger partial charge on any atom is -0.502 e. The quantitative estimate of drug-likeness (QED) is 0.223. The second-order valence-electron chi connectivity index (χ2n) is 5.29. The molecule has 22 heavy (non-hydrogen) atoms. The number of carbonyl (C=O) groups excluding carboxylic acids is 1. The van der Waals surface area contributed by atoms with Crippen molar-refractivity contribution in [3.8, 4) is 0 Å². The number of aliphatic hydroxyl groups excluding tert-OH is 1. The Kier molecular flexibility index (Phi) is 12.9. The maximum absolute atomic E-state index is 11.5. The van der Waals surface area contributed by atoms with Crippen LogP contribution in [0.5, 0.6) is 0 Å². The number of rotatable bonds is 13. The van der Waals surface area contributed by atoms with E-state index in [0.29, 0.717) is 6.42 Å². The van der Waals surface area contributed by atoms with Crippen LogP contribution in [0, 0.1) is 0 Å². The van der Waals surface area contributed by atoms with E-state index >= 15 is 0 Å². The summed E-state index contributed by atoms with van der Waals surface area (Å²) in [5, 5.41) is 17.3. The van der Waals surface area contributed by atoms with E-state index in [1.54, 1.807) is 6.08 Å². The average Bonchev–Trinajstić information content (AvgIpc) is 2.49. The van der Waals surface area contributed by atoms with E-state index in [1.807, 2.05) is 0 Å². The predicted octanol–water partition coefficient (Wildman–Crippen LogP) is 4.73. The van der Waals surface area contributed by atoms with Gasteiger partial charge in [0.15, 0.2) is 5.78 Å². The molecule has 2 N–H and O–H groups in total. The standard InChI is InChI=1S/C18H28O4/c1-2-3-4-5-6-7-8-10-13-16(19)14-11-9-12-15-17(20)18(21)22/h9,11-12,14-15,20H,2-8,10,13H2,1H3,(H,21,22). The summed E-state index contributed by atoms with van der Waals surface area (Å²) in [4.78, 5) is 21.8. The van der Waals surface area contributed by atoms with Crippen LogP contribution < -0.4 is 0 Å². The molecule has 0 fully saturated rings. The molecule has 0 bridgehead atoms. The van der Waals surface area contributed by atoms with E-state index < -0.39 is 11.7 Å². The molecule has 0 saturated carbocycles. The fraction of sp³-hybridized carbons (Fsp3) is 0.556. The third-order valence-electron chi connectivity index (χ3n) is 3.25. The van der Waals surface area contributed by atoms with Crippen LogP contribution in [0.1, 0.15) is 64.7 Å². The van der Waals surface area contributed by atoms with Gasteiger partial charge in [0, 0.05) is 6.42 Å². The number of carboxylic acid groups (broad SMARTS) is 1. The van der Waals surface area contributed by atoms with Crippen LogP contribution in [0.15, 0.2) is 36.1 Å². The van der Waals surface area contributed by atoms with Crippen LogP contribution in [0.3, 0.4) is 0 Å². The third kappa shape index (κ3) is 13.2. The van der Waals surface area contributed by atoms with E-state index in [4.69, 9.17) is 10.2 Å². The molecule has 0 aromatic carbocycles. The number of ketones is 1. The van der Waals surface area contributed by atoms with Crippen molar-refractivity contribution in [1.82, 2.24) is 0 Å². The second kappa shape index (κ2) is 14.1. The van der Waals surface area contributed by atoms with Crippen molar-refractivity contribution in [3.63, 3.8) is 0 Å². The predicted molar refractivity (Wildman–Crippen MR) is 88.9 cm³/mol. The molecule has 124 valence electrons.